The molecule has 0 aromatic heterocycles. The van der Waals surface area contributed by atoms with Gasteiger partial charge in [0.1, 0.15) is 0 Å². The third kappa shape index (κ3) is 3.27. The summed E-state index contributed by atoms with van der Waals surface area (Å²) in [6.07, 6.45) is 2.53. The number of carbonyl (C=O) groups excluding carboxylic acids is 1. The van der Waals surface area contributed by atoms with Gasteiger partial charge in [-0.25, -0.2) is 0 Å². The Morgan fingerprint density at radius 2 is 2.10 bits per heavy atom. The zero-order chi connectivity index (χ0) is 14.8. The lowest BCUT2D eigenvalue weighted by molar-refractivity contribution is -0.130. The predicted molar refractivity (Wildman–Crippen MR) is 83.6 cm³/mol. The van der Waals surface area contributed by atoms with Crippen molar-refractivity contribution in [1.29, 1.82) is 0 Å². The second-order valence-electron chi connectivity index (χ2n) is 5.65. The minimum atomic E-state index is -0.187. The van der Waals surface area contributed by atoms with Crippen LogP contribution in [0.4, 0.5) is 0 Å². The molecule has 0 spiro atoms. The van der Waals surface area contributed by atoms with E-state index in [9.17, 15) is 4.79 Å². The van der Waals surface area contributed by atoms with Crippen molar-refractivity contribution in [2.45, 2.75) is 24.7 Å². The summed E-state index contributed by atoms with van der Waals surface area (Å²) >= 11 is 12.1. The molecular formula is C15H20Cl2N2O. The first-order valence-corrected chi connectivity index (χ1v) is 7.57. The first kappa shape index (κ1) is 15.6. The Bertz CT molecular complexity index is 497. The largest absolute Gasteiger partial charge is 0.349 e. The van der Waals surface area contributed by atoms with Gasteiger partial charge in [0.25, 0.3) is 0 Å². The fourth-order valence-corrected chi connectivity index (χ4v) is 3.04. The van der Waals surface area contributed by atoms with Crippen LogP contribution in [0.15, 0.2) is 18.2 Å². The van der Waals surface area contributed by atoms with E-state index >= 15 is 0 Å². The third-order valence-corrected chi connectivity index (χ3v) is 4.73. The van der Waals surface area contributed by atoms with Gasteiger partial charge in [-0.15, -0.1) is 0 Å². The number of halogens is 2. The van der Waals surface area contributed by atoms with E-state index in [2.05, 4.69) is 5.32 Å². The quantitative estimate of drug-likeness (QED) is 0.929. The van der Waals surface area contributed by atoms with Gasteiger partial charge in [0.15, 0.2) is 0 Å². The zero-order valence-corrected chi connectivity index (χ0v) is 13.4. The lowest BCUT2D eigenvalue weighted by Gasteiger charge is -2.38. The van der Waals surface area contributed by atoms with Crippen molar-refractivity contribution in [3.8, 4) is 0 Å². The van der Waals surface area contributed by atoms with Crippen molar-refractivity contribution in [2.75, 3.05) is 27.2 Å². The number of amides is 1. The maximum Gasteiger partial charge on any atom is 0.222 e. The van der Waals surface area contributed by atoms with Crippen LogP contribution in [-0.2, 0) is 10.2 Å². The third-order valence-electron chi connectivity index (χ3n) is 3.99. The molecule has 1 saturated heterocycles. The summed E-state index contributed by atoms with van der Waals surface area (Å²) in [7, 11) is 3.59. The first-order chi connectivity index (χ1) is 9.44. The van der Waals surface area contributed by atoms with E-state index in [0.29, 0.717) is 16.5 Å². The molecular weight excluding hydrogens is 295 g/mol. The summed E-state index contributed by atoms with van der Waals surface area (Å²) in [4.78, 5) is 13.8. The molecule has 1 aromatic rings. The van der Waals surface area contributed by atoms with Crippen molar-refractivity contribution >= 4 is 29.1 Å². The van der Waals surface area contributed by atoms with Crippen molar-refractivity contribution in [1.82, 2.24) is 10.2 Å². The number of benzene rings is 1. The van der Waals surface area contributed by atoms with Crippen molar-refractivity contribution in [3.63, 3.8) is 0 Å². The number of hydrogen-bond acceptors (Lipinski definition) is 2. The molecule has 1 aliphatic heterocycles. The maximum atomic E-state index is 12.2. The molecule has 0 saturated carbocycles. The molecule has 1 heterocycles. The van der Waals surface area contributed by atoms with Gasteiger partial charge in [-0.1, -0.05) is 29.3 Å². The molecule has 110 valence electrons. The molecule has 1 N–H and O–H groups in total. The van der Waals surface area contributed by atoms with Crippen LogP contribution >= 0.6 is 23.2 Å². The highest BCUT2D eigenvalue weighted by molar-refractivity contribution is 6.42. The monoisotopic (exact) mass is 314 g/mol. The Morgan fingerprint density at radius 1 is 1.35 bits per heavy atom. The Balaban J connectivity index is 2.35. The molecule has 20 heavy (non-hydrogen) atoms. The molecule has 1 aromatic carbocycles. The van der Waals surface area contributed by atoms with Gasteiger partial charge in [-0.05, 0) is 37.1 Å². The fourth-order valence-electron chi connectivity index (χ4n) is 2.74. The lowest BCUT2D eigenvalue weighted by atomic mass is 9.72. The highest BCUT2D eigenvalue weighted by atomic mass is 35.5. The van der Waals surface area contributed by atoms with Gasteiger partial charge in [0, 0.05) is 32.5 Å². The normalized spacial score (nSPS) is 22.6. The minimum Gasteiger partial charge on any atom is -0.349 e. The van der Waals surface area contributed by atoms with Gasteiger partial charge in [-0.2, -0.15) is 0 Å². The Kier molecular flexibility index (Phi) is 4.95. The van der Waals surface area contributed by atoms with E-state index in [1.807, 2.05) is 18.2 Å². The Morgan fingerprint density at radius 3 is 2.65 bits per heavy atom. The molecule has 3 nitrogen and oxygen atoms in total. The molecule has 0 aliphatic carbocycles. The van der Waals surface area contributed by atoms with Crippen molar-refractivity contribution < 1.29 is 4.79 Å². The molecule has 1 amide bonds. The molecule has 0 bridgehead atoms. The summed E-state index contributed by atoms with van der Waals surface area (Å²) in [5.74, 6) is 0.139. The summed E-state index contributed by atoms with van der Waals surface area (Å²) in [6.45, 7) is 1.80. The van der Waals surface area contributed by atoms with Gasteiger partial charge >= 0.3 is 0 Å². The second kappa shape index (κ2) is 6.33. The van der Waals surface area contributed by atoms with Crippen LogP contribution in [-0.4, -0.2) is 38.0 Å². The number of nitrogens with one attached hydrogen (secondary N) is 1. The van der Waals surface area contributed by atoms with Gasteiger partial charge < -0.3 is 10.2 Å². The molecule has 2 rings (SSSR count). The number of carbonyl (C=O) groups is 1. The molecule has 1 atom stereocenters. The van der Waals surface area contributed by atoms with Crippen LogP contribution in [0.5, 0.6) is 0 Å². The average Bonchev–Trinajstić information content (AvgIpc) is 2.42. The smallest absolute Gasteiger partial charge is 0.222 e. The van der Waals surface area contributed by atoms with Crippen LogP contribution in [0.25, 0.3) is 0 Å². The topological polar surface area (TPSA) is 32.3 Å². The van der Waals surface area contributed by atoms with Crippen LogP contribution in [0.3, 0.4) is 0 Å². The second-order valence-corrected chi connectivity index (χ2v) is 6.47. The van der Waals surface area contributed by atoms with Gasteiger partial charge in [0.05, 0.1) is 10.0 Å². The Labute approximate surface area is 130 Å². The maximum absolute atomic E-state index is 12.2. The molecule has 0 radical (unpaired) electrons. The lowest BCUT2D eigenvalue weighted by Crippen LogP contribution is -2.46. The van der Waals surface area contributed by atoms with Gasteiger partial charge in [0.2, 0.25) is 5.91 Å². The highest BCUT2D eigenvalue weighted by Gasteiger charge is 2.36. The summed E-state index contributed by atoms with van der Waals surface area (Å²) in [6, 6.07) is 5.71. The zero-order valence-electron chi connectivity index (χ0n) is 11.9. The summed E-state index contributed by atoms with van der Waals surface area (Å²) < 4.78 is 0. The number of rotatable bonds is 3. The number of hydrogen-bond donors (Lipinski definition) is 1. The summed E-state index contributed by atoms with van der Waals surface area (Å²) in [5, 5.41) is 4.50. The number of nitrogens with zero attached hydrogens (tertiary/aromatic N) is 1. The van der Waals surface area contributed by atoms with Crippen molar-refractivity contribution in [3.05, 3.63) is 33.8 Å². The van der Waals surface area contributed by atoms with E-state index < -0.39 is 0 Å². The highest BCUT2D eigenvalue weighted by Crippen LogP contribution is 2.37. The minimum absolute atomic E-state index is 0.139. The predicted octanol–water partition coefficient (Wildman–Crippen LogP) is 3.09. The Hall–Kier alpha value is -0.770. The fraction of sp³-hybridized carbons (Fsp3) is 0.533. The first-order valence-electron chi connectivity index (χ1n) is 6.81. The molecule has 1 aliphatic rings. The molecule has 5 heteroatoms. The molecule has 1 fully saturated rings. The van der Waals surface area contributed by atoms with Crippen molar-refractivity contribution in [2.24, 2.45) is 0 Å². The van der Waals surface area contributed by atoms with E-state index in [-0.39, 0.29) is 11.3 Å². The van der Waals surface area contributed by atoms with Crippen LogP contribution in [0, 0.1) is 0 Å². The summed E-state index contributed by atoms with van der Waals surface area (Å²) in [5.41, 5.74) is 0.905. The SMILES string of the molecule is CN(C)C(=O)C[C@]1(c2ccc(Cl)c(Cl)c2)CCCNC1. The van der Waals surface area contributed by atoms with Crippen LogP contribution < -0.4 is 5.32 Å². The van der Waals surface area contributed by atoms with E-state index in [1.165, 1.54) is 0 Å². The average molecular weight is 315 g/mol. The number of piperidine rings is 1. The van der Waals surface area contributed by atoms with Crippen LogP contribution in [0.2, 0.25) is 10.0 Å². The van der Waals surface area contributed by atoms with Gasteiger partial charge in [-0.3, -0.25) is 4.79 Å². The van der Waals surface area contributed by atoms with E-state index in [0.717, 1.165) is 31.5 Å². The molecule has 0 unspecified atom stereocenters. The standard InChI is InChI=1S/C15H20Cl2N2O/c1-19(2)14(20)9-15(6-3-7-18-10-15)11-4-5-12(16)13(17)8-11/h4-5,8,18H,3,6-7,9-10H2,1-2H3/t15-/m1/s1. The van der Waals surface area contributed by atoms with E-state index in [4.69, 9.17) is 23.2 Å². The van der Waals surface area contributed by atoms with E-state index in [1.54, 1.807) is 19.0 Å². The van der Waals surface area contributed by atoms with Crippen LogP contribution in [0.1, 0.15) is 24.8 Å².